The molecule has 1 saturated carbocycles. The highest BCUT2D eigenvalue weighted by atomic mass is 16.2. The van der Waals surface area contributed by atoms with Gasteiger partial charge in [0.1, 0.15) is 0 Å². The van der Waals surface area contributed by atoms with Gasteiger partial charge in [0, 0.05) is 49.0 Å². The van der Waals surface area contributed by atoms with E-state index in [4.69, 9.17) is 0 Å². The van der Waals surface area contributed by atoms with Crippen LogP contribution in [0.25, 0.3) is 0 Å². The van der Waals surface area contributed by atoms with Crippen LogP contribution in [0.2, 0.25) is 0 Å². The van der Waals surface area contributed by atoms with Crippen molar-refractivity contribution in [1.29, 1.82) is 0 Å². The van der Waals surface area contributed by atoms with E-state index in [1.54, 1.807) is 0 Å². The van der Waals surface area contributed by atoms with Crippen LogP contribution in [0.15, 0.2) is 48.5 Å². The van der Waals surface area contributed by atoms with Crippen molar-refractivity contribution >= 4 is 23.2 Å². The fraction of sp³-hybridized carbons (Fsp3) is 0.417. The first kappa shape index (κ1) is 19.5. The van der Waals surface area contributed by atoms with Crippen LogP contribution in [-0.2, 0) is 4.79 Å². The van der Waals surface area contributed by atoms with Crippen molar-refractivity contribution in [1.82, 2.24) is 4.90 Å². The minimum atomic E-state index is 0.118. The number of carbonyl (C=O) groups excluding carboxylic acids is 2. The van der Waals surface area contributed by atoms with E-state index in [9.17, 15) is 9.59 Å². The van der Waals surface area contributed by atoms with Gasteiger partial charge in [0.2, 0.25) is 5.91 Å². The molecule has 4 rings (SSSR count). The van der Waals surface area contributed by atoms with Crippen molar-refractivity contribution < 1.29 is 9.59 Å². The third-order valence-corrected chi connectivity index (χ3v) is 6.17. The summed E-state index contributed by atoms with van der Waals surface area (Å²) < 4.78 is 0. The Bertz CT molecular complexity index is 864. The summed E-state index contributed by atoms with van der Waals surface area (Å²) in [5.41, 5.74) is 3.81. The summed E-state index contributed by atoms with van der Waals surface area (Å²) in [4.78, 5) is 29.3. The lowest BCUT2D eigenvalue weighted by Crippen LogP contribution is -2.48. The number of benzene rings is 2. The van der Waals surface area contributed by atoms with Crippen molar-refractivity contribution in [2.45, 2.75) is 32.6 Å². The number of anilines is 2. The fourth-order valence-corrected chi connectivity index (χ4v) is 4.34. The molecule has 0 atom stereocenters. The van der Waals surface area contributed by atoms with Gasteiger partial charge in [-0.05, 0) is 55.7 Å². The average Bonchev–Trinajstić information content (AvgIpc) is 3.30. The number of nitrogens with one attached hydrogen (secondary N) is 1. The van der Waals surface area contributed by atoms with Crippen LogP contribution < -0.4 is 10.2 Å². The van der Waals surface area contributed by atoms with Gasteiger partial charge < -0.3 is 15.1 Å². The number of hydrogen-bond acceptors (Lipinski definition) is 3. The zero-order chi connectivity index (χ0) is 20.2. The lowest BCUT2D eigenvalue weighted by Gasteiger charge is -2.36. The first-order chi connectivity index (χ1) is 14.1. The van der Waals surface area contributed by atoms with E-state index >= 15 is 0 Å². The first-order valence-electron chi connectivity index (χ1n) is 10.6. The Kier molecular flexibility index (Phi) is 5.84. The highest BCUT2D eigenvalue weighted by Crippen LogP contribution is 2.27. The molecular weight excluding hydrogens is 362 g/mol. The maximum atomic E-state index is 12.8. The number of aryl methyl sites for hydroxylation is 1. The summed E-state index contributed by atoms with van der Waals surface area (Å²) in [6.07, 6.45) is 4.34. The van der Waals surface area contributed by atoms with Crippen LogP contribution in [0.3, 0.4) is 0 Å². The van der Waals surface area contributed by atoms with E-state index in [0.29, 0.717) is 13.1 Å². The van der Waals surface area contributed by atoms with Crippen molar-refractivity contribution in [2.24, 2.45) is 5.92 Å². The van der Waals surface area contributed by atoms with Crippen molar-refractivity contribution in [3.63, 3.8) is 0 Å². The molecule has 0 aromatic heterocycles. The number of nitrogens with zero attached hydrogens (tertiary/aromatic N) is 2. The standard InChI is InChI=1S/C24H29N3O2/c1-18-6-2-5-9-22(18)24(29)27-16-14-26(15-17-27)21-12-10-20(11-13-21)25-23(28)19-7-3-4-8-19/h2,5-6,9-13,19H,3-4,7-8,14-17H2,1H3,(H,25,28). The minimum absolute atomic E-state index is 0.118. The van der Waals surface area contributed by atoms with Crippen LogP contribution in [0, 0.1) is 12.8 Å². The molecule has 2 amide bonds. The Morgan fingerprint density at radius 2 is 1.55 bits per heavy atom. The molecule has 1 heterocycles. The molecule has 2 aromatic rings. The summed E-state index contributed by atoms with van der Waals surface area (Å²) >= 11 is 0. The van der Waals surface area contributed by atoms with Crippen LogP contribution in [0.1, 0.15) is 41.6 Å². The lowest BCUT2D eigenvalue weighted by molar-refractivity contribution is -0.119. The van der Waals surface area contributed by atoms with Crippen molar-refractivity contribution in [3.05, 3.63) is 59.7 Å². The second kappa shape index (κ2) is 8.68. The van der Waals surface area contributed by atoms with Crippen molar-refractivity contribution in [2.75, 3.05) is 36.4 Å². The summed E-state index contributed by atoms with van der Waals surface area (Å²) in [7, 11) is 0. The van der Waals surface area contributed by atoms with Crippen molar-refractivity contribution in [3.8, 4) is 0 Å². The van der Waals surface area contributed by atoms with E-state index in [-0.39, 0.29) is 17.7 Å². The number of rotatable bonds is 4. The number of piperazine rings is 1. The maximum absolute atomic E-state index is 12.8. The van der Waals surface area contributed by atoms with E-state index in [1.165, 1.54) is 0 Å². The Hall–Kier alpha value is -2.82. The molecule has 5 heteroatoms. The summed E-state index contributed by atoms with van der Waals surface area (Å²) in [6.45, 7) is 5.04. The van der Waals surface area contributed by atoms with Gasteiger partial charge in [-0.3, -0.25) is 9.59 Å². The highest BCUT2D eigenvalue weighted by molar-refractivity contribution is 5.96. The second-order valence-corrected chi connectivity index (χ2v) is 8.11. The predicted octanol–water partition coefficient (Wildman–Crippen LogP) is 4.09. The van der Waals surface area contributed by atoms with Crippen LogP contribution >= 0.6 is 0 Å². The van der Waals surface area contributed by atoms with Gasteiger partial charge in [-0.25, -0.2) is 0 Å². The molecule has 1 saturated heterocycles. The van der Waals surface area contributed by atoms with Gasteiger partial charge in [-0.15, -0.1) is 0 Å². The molecule has 5 nitrogen and oxygen atoms in total. The summed E-state index contributed by atoms with van der Waals surface area (Å²) in [6, 6.07) is 15.8. The molecule has 2 fully saturated rings. The van der Waals surface area contributed by atoms with E-state index in [1.807, 2.05) is 48.2 Å². The third-order valence-electron chi connectivity index (χ3n) is 6.17. The zero-order valence-corrected chi connectivity index (χ0v) is 17.1. The Labute approximate surface area is 172 Å². The normalized spacial score (nSPS) is 17.4. The fourth-order valence-electron chi connectivity index (χ4n) is 4.34. The van der Waals surface area contributed by atoms with E-state index in [0.717, 1.165) is 61.3 Å². The predicted molar refractivity (Wildman–Crippen MR) is 116 cm³/mol. The largest absolute Gasteiger partial charge is 0.368 e. The number of carbonyl (C=O) groups is 2. The number of hydrogen-bond donors (Lipinski definition) is 1. The molecule has 0 unspecified atom stereocenters. The van der Waals surface area contributed by atoms with E-state index in [2.05, 4.69) is 22.3 Å². The number of amides is 2. The summed E-state index contributed by atoms with van der Waals surface area (Å²) in [5, 5.41) is 3.05. The van der Waals surface area contributed by atoms with E-state index < -0.39 is 0 Å². The zero-order valence-electron chi connectivity index (χ0n) is 17.1. The molecule has 152 valence electrons. The Morgan fingerprint density at radius 3 is 2.21 bits per heavy atom. The lowest BCUT2D eigenvalue weighted by atomic mass is 10.1. The molecule has 0 bridgehead atoms. The molecule has 2 aliphatic rings. The third kappa shape index (κ3) is 4.44. The maximum Gasteiger partial charge on any atom is 0.254 e. The second-order valence-electron chi connectivity index (χ2n) is 8.11. The van der Waals surface area contributed by atoms with Crippen LogP contribution in [0.5, 0.6) is 0 Å². The molecular formula is C24H29N3O2. The van der Waals surface area contributed by atoms with Crippen LogP contribution in [-0.4, -0.2) is 42.9 Å². The molecule has 1 aliphatic heterocycles. The molecule has 1 aliphatic carbocycles. The smallest absolute Gasteiger partial charge is 0.254 e. The average molecular weight is 392 g/mol. The Balaban J connectivity index is 1.32. The molecule has 2 aromatic carbocycles. The van der Waals surface area contributed by atoms with Gasteiger partial charge in [0.05, 0.1) is 0 Å². The van der Waals surface area contributed by atoms with Crippen LogP contribution in [0.4, 0.5) is 11.4 Å². The molecule has 0 radical (unpaired) electrons. The van der Waals surface area contributed by atoms with Gasteiger partial charge in [0.25, 0.3) is 5.91 Å². The Morgan fingerprint density at radius 1 is 0.897 bits per heavy atom. The summed E-state index contributed by atoms with van der Waals surface area (Å²) in [5.74, 6) is 0.444. The SMILES string of the molecule is Cc1ccccc1C(=O)N1CCN(c2ccc(NC(=O)C3CCCC3)cc2)CC1. The topological polar surface area (TPSA) is 52.7 Å². The minimum Gasteiger partial charge on any atom is -0.368 e. The monoisotopic (exact) mass is 391 g/mol. The van der Waals surface area contributed by atoms with Gasteiger partial charge in [0.15, 0.2) is 0 Å². The van der Waals surface area contributed by atoms with Gasteiger partial charge in [-0.2, -0.15) is 0 Å². The molecule has 0 spiro atoms. The first-order valence-corrected chi connectivity index (χ1v) is 10.6. The molecule has 1 N–H and O–H groups in total. The highest BCUT2D eigenvalue weighted by Gasteiger charge is 2.24. The van der Waals surface area contributed by atoms with Gasteiger partial charge in [-0.1, -0.05) is 31.0 Å². The molecule has 29 heavy (non-hydrogen) atoms. The van der Waals surface area contributed by atoms with Gasteiger partial charge >= 0.3 is 0 Å². The quantitative estimate of drug-likeness (QED) is 0.854.